The number of hydrogen-bond acceptors (Lipinski definition) is 3. The maximum atomic E-state index is 13.5. The Morgan fingerprint density at radius 1 is 1.20 bits per heavy atom. The molecule has 5 nitrogen and oxygen atoms in total. The molecular formula is C24H27FN2O3. The molecule has 2 fully saturated rings. The number of carbonyl (C=O) groups excluding carboxylic acids is 2. The molecule has 0 atom stereocenters. The van der Waals surface area contributed by atoms with Crippen molar-refractivity contribution in [2.75, 3.05) is 31.6 Å². The lowest BCUT2D eigenvalue weighted by Gasteiger charge is -2.58. The van der Waals surface area contributed by atoms with E-state index in [2.05, 4.69) is 0 Å². The number of halogens is 1. The molecule has 6 heteroatoms. The first-order valence-electron chi connectivity index (χ1n) is 10.4. The van der Waals surface area contributed by atoms with Crippen LogP contribution in [-0.4, -0.2) is 43.5 Å². The number of rotatable bonds is 5. The van der Waals surface area contributed by atoms with E-state index in [1.807, 2.05) is 38.2 Å². The Morgan fingerprint density at radius 3 is 2.57 bits per heavy atom. The maximum absolute atomic E-state index is 13.5. The number of aryl methyl sites for hydroxylation is 1. The lowest BCUT2D eigenvalue weighted by atomic mass is 9.57. The number of likely N-dealkylation sites (tertiary alicyclic amines) is 1. The van der Waals surface area contributed by atoms with Crippen LogP contribution in [0.25, 0.3) is 0 Å². The number of para-hydroxylation sites is 1. The minimum atomic E-state index is -0.423. The van der Waals surface area contributed by atoms with Gasteiger partial charge in [0.1, 0.15) is 11.6 Å². The molecule has 158 valence electrons. The van der Waals surface area contributed by atoms with Crippen LogP contribution in [0.1, 0.15) is 35.7 Å². The summed E-state index contributed by atoms with van der Waals surface area (Å²) >= 11 is 0. The van der Waals surface area contributed by atoms with Crippen LogP contribution in [0.2, 0.25) is 0 Å². The van der Waals surface area contributed by atoms with Gasteiger partial charge in [0.05, 0.1) is 12.2 Å². The molecule has 1 saturated heterocycles. The van der Waals surface area contributed by atoms with Crippen molar-refractivity contribution in [1.82, 2.24) is 4.90 Å². The van der Waals surface area contributed by atoms with Gasteiger partial charge in [-0.2, -0.15) is 0 Å². The molecule has 1 aliphatic heterocycles. The SMILES string of the molecule is CCOc1cc(F)ccc1C(=O)N1CC2(CC(C(=O)N(C)c3ccccc3C)C2)C1. The standard InChI is InChI=1S/C24H27FN2O3/c1-4-30-21-11-18(25)9-10-19(21)23(29)27-14-24(15-27)12-17(13-24)22(28)26(3)20-8-6-5-7-16(20)2/h5-11,17H,4,12-15H2,1-3H3. The number of benzene rings is 2. The van der Waals surface area contributed by atoms with Crippen molar-refractivity contribution >= 4 is 17.5 Å². The number of carbonyl (C=O) groups is 2. The van der Waals surface area contributed by atoms with Gasteiger partial charge in [-0.1, -0.05) is 18.2 Å². The summed E-state index contributed by atoms with van der Waals surface area (Å²) in [6, 6.07) is 11.9. The number of nitrogens with zero attached hydrogens (tertiary/aromatic N) is 2. The van der Waals surface area contributed by atoms with E-state index >= 15 is 0 Å². The Balaban J connectivity index is 1.35. The van der Waals surface area contributed by atoms with Crippen LogP contribution >= 0.6 is 0 Å². The van der Waals surface area contributed by atoms with Gasteiger partial charge in [-0.3, -0.25) is 9.59 Å². The summed E-state index contributed by atoms with van der Waals surface area (Å²) in [5.74, 6) is -0.150. The minimum Gasteiger partial charge on any atom is -0.493 e. The van der Waals surface area contributed by atoms with Crippen molar-refractivity contribution in [1.29, 1.82) is 0 Å². The molecule has 1 heterocycles. The molecule has 0 bridgehead atoms. The summed E-state index contributed by atoms with van der Waals surface area (Å²) in [7, 11) is 1.83. The second kappa shape index (κ2) is 7.74. The van der Waals surface area contributed by atoms with E-state index < -0.39 is 5.82 Å². The van der Waals surface area contributed by atoms with Gasteiger partial charge < -0.3 is 14.5 Å². The van der Waals surface area contributed by atoms with Gasteiger partial charge in [0.2, 0.25) is 5.91 Å². The highest BCUT2D eigenvalue weighted by molar-refractivity contribution is 5.98. The Morgan fingerprint density at radius 2 is 1.90 bits per heavy atom. The molecule has 2 aromatic rings. The molecule has 30 heavy (non-hydrogen) atoms. The fourth-order valence-corrected chi connectivity index (χ4v) is 4.78. The zero-order valence-electron chi connectivity index (χ0n) is 17.7. The van der Waals surface area contributed by atoms with Crippen LogP contribution in [0.4, 0.5) is 10.1 Å². The molecule has 0 aromatic heterocycles. The molecule has 2 aliphatic rings. The molecule has 4 rings (SSSR count). The average molecular weight is 410 g/mol. The van der Waals surface area contributed by atoms with Crippen molar-refractivity contribution < 1.29 is 18.7 Å². The molecule has 0 unspecified atom stereocenters. The van der Waals surface area contributed by atoms with Gasteiger partial charge in [-0.15, -0.1) is 0 Å². The van der Waals surface area contributed by atoms with Gasteiger partial charge in [0.25, 0.3) is 5.91 Å². The Hall–Kier alpha value is -2.89. The summed E-state index contributed by atoms with van der Waals surface area (Å²) in [6.45, 7) is 5.44. The molecule has 1 aliphatic carbocycles. The van der Waals surface area contributed by atoms with E-state index in [0.29, 0.717) is 25.3 Å². The van der Waals surface area contributed by atoms with Crippen molar-refractivity contribution in [2.24, 2.45) is 11.3 Å². The van der Waals surface area contributed by atoms with Crippen LogP contribution in [0.5, 0.6) is 5.75 Å². The van der Waals surface area contributed by atoms with E-state index in [1.165, 1.54) is 18.2 Å². The van der Waals surface area contributed by atoms with Crippen LogP contribution in [0.3, 0.4) is 0 Å². The molecular weight excluding hydrogens is 383 g/mol. The number of anilines is 1. The second-order valence-electron chi connectivity index (χ2n) is 8.52. The fourth-order valence-electron chi connectivity index (χ4n) is 4.78. The fraction of sp³-hybridized carbons (Fsp3) is 0.417. The Labute approximate surface area is 176 Å². The van der Waals surface area contributed by atoms with Crippen LogP contribution in [-0.2, 0) is 4.79 Å². The predicted molar refractivity (Wildman–Crippen MR) is 113 cm³/mol. The van der Waals surface area contributed by atoms with E-state index in [-0.39, 0.29) is 28.9 Å². The first-order valence-corrected chi connectivity index (χ1v) is 10.4. The highest BCUT2D eigenvalue weighted by Gasteiger charge is 2.56. The largest absolute Gasteiger partial charge is 0.493 e. The third kappa shape index (κ3) is 3.55. The average Bonchev–Trinajstić information content (AvgIpc) is 2.65. The molecule has 0 N–H and O–H groups in total. The van der Waals surface area contributed by atoms with Crippen molar-refractivity contribution in [2.45, 2.75) is 26.7 Å². The topological polar surface area (TPSA) is 49.9 Å². The first-order chi connectivity index (χ1) is 14.3. The maximum Gasteiger partial charge on any atom is 0.257 e. The van der Waals surface area contributed by atoms with Gasteiger partial charge >= 0.3 is 0 Å². The highest BCUT2D eigenvalue weighted by Crippen LogP contribution is 2.53. The third-order valence-corrected chi connectivity index (χ3v) is 6.33. The van der Waals surface area contributed by atoms with Gasteiger partial charge in [0.15, 0.2) is 0 Å². The summed E-state index contributed by atoms with van der Waals surface area (Å²) in [6.07, 6.45) is 1.60. The van der Waals surface area contributed by atoms with E-state index in [0.717, 1.165) is 24.1 Å². The summed E-state index contributed by atoms with van der Waals surface area (Å²) in [5, 5.41) is 0. The van der Waals surface area contributed by atoms with Crippen molar-refractivity contribution in [3.8, 4) is 5.75 Å². The van der Waals surface area contributed by atoms with Gasteiger partial charge in [-0.25, -0.2) is 4.39 Å². The number of ether oxygens (including phenoxy) is 1. The Bertz CT molecular complexity index is 976. The van der Waals surface area contributed by atoms with E-state index in [1.54, 1.807) is 16.7 Å². The van der Waals surface area contributed by atoms with Gasteiger partial charge in [0, 0.05) is 43.2 Å². The first kappa shape index (κ1) is 20.4. The van der Waals surface area contributed by atoms with E-state index in [9.17, 15) is 14.0 Å². The van der Waals surface area contributed by atoms with Crippen LogP contribution < -0.4 is 9.64 Å². The minimum absolute atomic E-state index is 0.00309. The summed E-state index contributed by atoms with van der Waals surface area (Å²) in [5.41, 5.74) is 2.44. The quantitative estimate of drug-likeness (QED) is 0.747. The van der Waals surface area contributed by atoms with Crippen molar-refractivity contribution in [3.63, 3.8) is 0 Å². The molecule has 2 aromatic carbocycles. The van der Waals surface area contributed by atoms with Crippen LogP contribution in [0.15, 0.2) is 42.5 Å². The highest BCUT2D eigenvalue weighted by atomic mass is 19.1. The molecule has 0 radical (unpaired) electrons. The zero-order chi connectivity index (χ0) is 21.5. The lowest BCUT2D eigenvalue weighted by molar-refractivity contribution is -0.137. The molecule has 1 spiro atoms. The third-order valence-electron chi connectivity index (χ3n) is 6.33. The Kier molecular flexibility index (Phi) is 5.26. The van der Waals surface area contributed by atoms with Crippen LogP contribution in [0, 0.1) is 24.1 Å². The lowest BCUT2D eigenvalue weighted by Crippen LogP contribution is -2.65. The molecule has 2 amide bonds. The molecule has 1 saturated carbocycles. The predicted octanol–water partition coefficient (Wildman–Crippen LogP) is 4.05. The van der Waals surface area contributed by atoms with Gasteiger partial charge in [-0.05, 0) is 50.5 Å². The summed E-state index contributed by atoms with van der Waals surface area (Å²) < 4.78 is 18.9. The monoisotopic (exact) mass is 410 g/mol. The second-order valence-corrected chi connectivity index (χ2v) is 8.52. The normalized spacial score (nSPS) is 17.3. The van der Waals surface area contributed by atoms with Crippen molar-refractivity contribution in [3.05, 3.63) is 59.4 Å². The number of hydrogen-bond donors (Lipinski definition) is 0. The summed E-state index contributed by atoms with van der Waals surface area (Å²) in [4.78, 5) is 29.3. The smallest absolute Gasteiger partial charge is 0.257 e. The number of amides is 2. The zero-order valence-corrected chi connectivity index (χ0v) is 17.7. The van der Waals surface area contributed by atoms with E-state index in [4.69, 9.17) is 4.74 Å².